The van der Waals surface area contributed by atoms with E-state index in [0.29, 0.717) is 25.7 Å². The molecule has 0 aromatic heterocycles. The molecule has 3 N–H and O–H groups in total. The Morgan fingerprint density at radius 3 is 0.786 bits per heavy atom. The van der Waals surface area contributed by atoms with Gasteiger partial charge in [-0.05, 0) is 141 Å². The van der Waals surface area contributed by atoms with Gasteiger partial charge >= 0.3 is 39.5 Å². The first-order valence-corrected chi connectivity index (χ1v) is 42.2. The molecule has 0 aromatic carbocycles. The molecule has 0 amide bonds. The Hall–Kier alpha value is -3.50. The van der Waals surface area contributed by atoms with Gasteiger partial charge in [-0.3, -0.25) is 37.3 Å². The van der Waals surface area contributed by atoms with E-state index in [4.69, 9.17) is 37.0 Å². The van der Waals surface area contributed by atoms with E-state index in [1.807, 2.05) is 0 Å². The molecule has 0 fully saturated rings. The number of esters is 4. The predicted octanol–water partition coefficient (Wildman–Crippen LogP) is 22.4. The molecule has 0 saturated heterocycles. The molecule has 0 aliphatic rings. The van der Waals surface area contributed by atoms with Gasteiger partial charge in [-0.2, -0.15) is 0 Å². The van der Waals surface area contributed by atoms with E-state index in [2.05, 4.69) is 101 Å². The van der Waals surface area contributed by atoms with Gasteiger partial charge in [0, 0.05) is 25.7 Å². The number of hydrogen-bond acceptors (Lipinski definition) is 15. The van der Waals surface area contributed by atoms with Crippen LogP contribution in [0, 0.1) is 0 Å². The topological polar surface area (TPSA) is 237 Å². The predicted molar refractivity (Wildman–Crippen MR) is 400 cm³/mol. The molecule has 19 heteroatoms. The van der Waals surface area contributed by atoms with Crippen LogP contribution in [0.25, 0.3) is 0 Å². The molecular weight excluding hydrogens is 1280 g/mol. The van der Waals surface area contributed by atoms with Crippen molar-refractivity contribution < 1.29 is 80.2 Å². The number of phosphoric ester groups is 2. The molecular formula is C79H142O17P2. The fraction of sp³-hybridized carbons (Fsp3) is 0.797. The lowest BCUT2D eigenvalue weighted by atomic mass is 10.1. The number of rotatable bonds is 74. The van der Waals surface area contributed by atoms with E-state index >= 15 is 0 Å². The van der Waals surface area contributed by atoms with Crippen LogP contribution < -0.4 is 0 Å². The summed E-state index contributed by atoms with van der Waals surface area (Å²) in [6, 6.07) is 0. The maximum atomic E-state index is 13.1. The molecule has 0 radical (unpaired) electrons. The van der Waals surface area contributed by atoms with Gasteiger partial charge in [0.2, 0.25) is 0 Å². The lowest BCUT2D eigenvalue weighted by molar-refractivity contribution is -0.161. The largest absolute Gasteiger partial charge is 0.472 e. The van der Waals surface area contributed by atoms with Gasteiger partial charge in [-0.1, -0.05) is 255 Å². The molecule has 0 aliphatic carbocycles. The van der Waals surface area contributed by atoms with Gasteiger partial charge < -0.3 is 33.8 Å². The Morgan fingerprint density at radius 2 is 0.500 bits per heavy atom. The molecule has 0 aromatic rings. The quantitative estimate of drug-likeness (QED) is 0.0169. The fourth-order valence-electron chi connectivity index (χ4n) is 10.6. The fourth-order valence-corrected chi connectivity index (χ4v) is 12.1. The smallest absolute Gasteiger partial charge is 0.462 e. The van der Waals surface area contributed by atoms with Crippen molar-refractivity contribution in [2.75, 3.05) is 39.6 Å². The molecule has 570 valence electrons. The molecule has 98 heavy (non-hydrogen) atoms. The molecule has 17 nitrogen and oxygen atoms in total. The van der Waals surface area contributed by atoms with Crippen molar-refractivity contribution in [3.63, 3.8) is 0 Å². The zero-order valence-electron chi connectivity index (χ0n) is 62.2. The Labute approximate surface area is 596 Å². The highest BCUT2D eigenvalue weighted by molar-refractivity contribution is 7.47. The van der Waals surface area contributed by atoms with Crippen LogP contribution in [0.15, 0.2) is 72.9 Å². The average molecular weight is 1430 g/mol. The molecule has 0 bridgehead atoms. The van der Waals surface area contributed by atoms with Gasteiger partial charge in [-0.25, -0.2) is 9.13 Å². The van der Waals surface area contributed by atoms with Crippen LogP contribution in [0.1, 0.15) is 349 Å². The first-order valence-electron chi connectivity index (χ1n) is 39.2. The lowest BCUT2D eigenvalue weighted by Crippen LogP contribution is -2.30. The van der Waals surface area contributed by atoms with Crippen LogP contribution in [0.2, 0.25) is 0 Å². The highest BCUT2D eigenvalue weighted by Crippen LogP contribution is 2.45. The zero-order chi connectivity index (χ0) is 71.8. The van der Waals surface area contributed by atoms with Gasteiger partial charge in [-0.15, -0.1) is 0 Å². The highest BCUT2D eigenvalue weighted by Gasteiger charge is 2.30. The summed E-state index contributed by atoms with van der Waals surface area (Å²) in [5.41, 5.74) is 0. The van der Waals surface area contributed by atoms with Crippen LogP contribution in [0.4, 0.5) is 0 Å². The third kappa shape index (κ3) is 70.9. The van der Waals surface area contributed by atoms with E-state index in [1.54, 1.807) is 0 Å². The second-order valence-electron chi connectivity index (χ2n) is 26.3. The second kappa shape index (κ2) is 71.9. The first kappa shape index (κ1) is 94.5. The van der Waals surface area contributed by atoms with Gasteiger partial charge in [0.1, 0.15) is 19.3 Å². The highest BCUT2D eigenvalue weighted by atomic mass is 31.2. The number of aliphatic hydroxyl groups is 1. The van der Waals surface area contributed by atoms with Crippen LogP contribution in [-0.4, -0.2) is 96.7 Å². The van der Waals surface area contributed by atoms with Gasteiger partial charge in [0.15, 0.2) is 12.2 Å². The van der Waals surface area contributed by atoms with E-state index in [1.165, 1.54) is 103 Å². The summed E-state index contributed by atoms with van der Waals surface area (Å²) >= 11 is 0. The number of carbonyl (C=O) groups is 4. The van der Waals surface area contributed by atoms with Crippen molar-refractivity contribution in [3.8, 4) is 0 Å². The summed E-state index contributed by atoms with van der Waals surface area (Å²) in [6.07, 6.45) is 71.6. The first-order chi connectivity index (χ1) is 47.7. The number of aliphatic hydroxyl groups excluding tert-OH is 1. The molecule has 5 atom stereocenters. The minimum Gasteiger partial charge on any atom is -0.462 e. The average Bonchev–Trinajstić information content (AvgIpc) is 1.04. The molecule has 5 unspecified atom stereocenters. The van der Waals surface area contributed by atoms with E-state index in [0.717, 1.165) is 167 Å². The summed E-state index contributed by atoms with van der Waals surface area (Å²) in [5.74, 6) is -2.20. The van der Waals surface area contributed by atoms with E-state index in [-0.39, 0.29) is 25.7 Å². The summed E-state index contributed by atoms with van der Waals surface area (Å²) in [5, 5.41) is 10.6. The van der Waals surface area contributed by atoms with Crippen LogP contribution in [0.3, 0.4) is 0 Å². The number of ether oxygens (including phenoxy) is 4. The van der Waals surface area contributed by atoms with Crippen molar-refractivity contribution in [2.24, 2.45) is 0 Å². The van der Waals surface area contributed by atoms with Crippen LogP contribution >= 0.6 is 15.6 Å². The van der Waals surface area contributed by atoms with Crippen molar-refractivity contribution in [3.05, 3.63) is 72.9 Å². The zero-order valence-corrected chi connectivity index (χ0v) is 64.0. The lowest BCUT2D eigenvalue weighted by Gasteiger charge is -2.21. The van der Waals surface area contributed by atoms with Crippen molar-refractivity contribution in [1.82, 2.24) is 0 Å². The summed E-state index contributed by atoms with van der Waals surface area (Å²) in [7, 11) is -9.95. The Kier molecular flexibility index (Phi) is 69.3. The molecule has 0 aliphatic heterocycles. The molecule has 0 spiro atoms. The SMILES string of the molecule is CCCCCC=CCC=CCCCCCCCC(=O)OCC(COP(=O)(O)OCC(O)COP(=O)(O)OCC(COC(=O)CCCCCCCCCC=CCCCCCC)OC(=O)CCCCCCCC=CCCCCCC)OC(=O)CCCCCCCC=CCC=CCCCCC. The minimum absolute atomic E-state index is 0.0780. The maximum Gasteiger partial charge on any atom is 0.472 e. The summed E-state index contributed by atoms with van der Waals surface area (Å²) in [4.78, 5) is 72.9. The maximum absolute atomic E-state index is 13.1. The molecule has 0 saturated carbocycles. The second-order valence-corrected chi connectivity index (χ2v) is 29.2. The number of phosphoric acid groups is 2. The standard InChI is InChI=1S/C79H142O17P2/c1-5-9-13-17-21-25-29-33-36-40-43-47-51-55-59-63-76(81)89-69-74(95-78(83)65-61-57-53-49-45-39-32-28-24-20-16-12-8-4)71-93-97(85,86)91-67-73(80)68-92-98(87,88)94-72-75(96-79(84)66-62-58-54-50-46-42-38-35-31-27-23-19-15-11-7-3)70-90-77(82)64-60-56-52-48-44-41-37-34-30-26-22-18-14-10-6-2/h22-23,25-29,32,34-35,37-38,73-75,80H,5-21,24,30-31,33,36,39-72H2,1-4H3,(H,85,86)(H,87,88). The van der Waals surface area contributed by atoms with Crippen molar-refractivity contribution in [1.29, 1.82) is 0 Å². The Morgan fingerprint density at radius 1 is 0.286 bits per heavy atom. The van der Waals surface area contributed by atoms with Gasteiger partial charge in [0.05, 0.1) is 26.4 Å². The van der Waals surface area contributed by atoms with Gasteiger partial charge in [0.25, 0.3) is 0 Å². The Balaban J connectivity index is 5.35. The number of carbonyl (C=O) groups excluding carboxylic acids is 4. The monoisotopic (exact) mass is 1420 g/mol. The van der Waals surface area contributed by atoms with Crippen molar-refractivity contribution >= 4 is 39.5 Å². The summed E-state index contributed by atoms with van der Waals surface area (Å²) in [6.45, 7) is 4.79. The molecule has 0 rings (SSSR count). The summed E-state index contributed by atoms with van der Waals surface area (Å²) < 4.78 is 68.5. The van der Waals surface area contributed by atoms with Crippen molar-refractivity contribution in [2.45, 2.75) is 367 Å². The Bertz CT molecular complexity index is 2140. The van der Waals surface area contributed by atoms with Crippen LogP contribution in [-0.2, 0) is 65.4 Å². The third-order valence-electron chi connectivity index (χ3n) is 16.6. The minimum atomic E-state index is -4.98. The van der Waals surface area contributed by atoms with Crippen LogP contribution in [0.5, 0.6) is 0 Å². The van der Waals surface area contributed by atoms with E-state index < -0.39 is 97.5 Å². The third-order valence-corrected chi connectivity index (χ3v) is 18.5. The molecule has 0 heterocycles. The van der Waals surface area contributed by atoms with E-state index in [9.17, 15) is 43.2 Å². The number of allylic oxidation sites excluding steroid dienone is 12. The number of unbranched alkanes of at least 4 members (excludes halogenated alkanes) is 36. The number of hydrogen-bond donors (Lipinski definition) is 3. The normalized spacial score (nSPS) is 14.3.